The number of thiazole rings is 1. The van der Waals surface area contributed by atoms with Crippen LogP contribution in [0.4, 0.5) is 16.5 Å². The summed E-state index contributed by atoms with van der Waals surface area (Å²) in [7, 11) is 3.88. The smallest absolute Gasteiger partial charge is 0.293 e. The highest BCUT2D eigenvalue weighted by molar-refractivity contribution is 9.10. The van der Waals surface area contributed by atoms with E-state index in [1.54, 1.807) is 17.0 Å². The van der Waals surface area contributed by atoms with E-state index >= 15 is 0 Å². The molecule has 3 aromatic rings. The largest absolute Gasteiger partial charge is 0.366 e. The minimum Gasteiger partial charge on any atom is -0.366 e. The number of carbonyl (C=O) groups excluding carboxylic acids is 1. The second-order valence-electron chi connectivity index (χ2n) is 8.38. The Labute approximate surface area is 217 Å². The van der Waals surface area contributed by atoms with Gasteiger partial charge in [0, 0.05) is 42.3 Å². The Bertz CT molecular complexity index is 1180. The molecule has 1 saturated heterocycles. The van der Waals surface area contributed by atoms with Crippen LogP contribution < -0.4 is 9.80 Å². The summed E-state index contributed by atoms with van der Waals surface area (Å²) in [6, 6.07) is 10.6. The molecule has 4 rings (SSSR count). The molecule has 182 valence electrons. The highest BCUT2D eigenvalue weighted by Crippen LogP contribution is 2.34. The van der Waals surface area contributed by atoms with E-state index in [4.69, 9.17) is 0 Å². The minimum atomic E-state index is -0.389. The van der Waals surface area contributed by atoms with Crippen LogP contribution in [-0.2, 0) is 0 Å². The first-order chi connectivity index (χ1) is 15.8. The highest BCUT2D eigenvalue weighted by Gasteiger charge is 2.27. The molecule has 0 atom stereocenters. The standard InChI is InChI=1S/C23H26BrN5O3S.ClH/c1-26(2)12-13-28(23-25-18-8-7-17(24)15-21(18)33-23)22(30)16-6-9-19(20(14-16)29(31)32)27-10-4-3-5-11-27;/h6-9,14-15H,3-5,10-13H2,1-2H3;1H. The average Bonchev–Trinajstić information content (AvgIpc) is 3.21. The molecule has 8 nitrogen and oxygen atoms in total. The van der Waals surface area contributed by atoms with Crippen LogP contribution in [0.5, 0.6) is 0 Å². The lowest BCUT2D eigenvalue weighted by atomic mass is 10.1. The van der Waals surface area contributed by atoms with Gasteiger partial charge in [-0.05, 0) is 63.7 Å². The fourth-order valence-corrected chi connectivity index (χ4v) is 5.49. The van der Waals surface area contributed by atoms with Crippen molar-refractivity contribution in [2.75, 3.05) is 50.1 Å². The first kappa shape index (κ1) is 26.3. The van der Waals surface area contributed by atoms with E-state index < -0.39 is 0 Å². The second-order valence-corrected chi connectivity index (χ2v) is 10.3. The third-order valence-electron chi connectivity index (χ3n) is 5.70. The molecule has 2 aromatic carbocycles. The Morgan fingerprint density at radius 2 is 1.88 bits per heavy atom. The van der Waals surface area contributed by atoms with Crippen molar-refractivity contribution in [2.45, 2.75) is 19.3 Å². The summed E-state index contributed by atoms with van der Waals surface area (Å²) in [5, 5.41) is 12.5. The molecule has 1 fully saturated rings. The summed E-state index contributed by atoms with van der Waals surface area (Å²) < 4.78 is 1.91. The molecule has 1 aromatic heterocycles. The first-order valence-corrected chi connectivity index (χ1v) is 12.5. The van der Waals surface area contributed by atoms with Gasteiger partial charge in [0.2, 0.25) is 0 Å². The van der Waals surface area contributed by atoms with E-state index in [2.05, 4.69) is 20.9 Å². The molecule has 0 N–H and O–H groups in total. The van der Waals surface area contributed by atoms with Gasteiger partial charge in [0.05, 0.1) is 15.1 Å². The van der Waals surface area contributed by atoms with E-state index in [-0.39, 0.29) is 28.9 Å². The summed E-state index contributed by atoms with van der Waals surface area (Å²) in [4.78, 5) is 35.4. The monoisotopic (exact) mass is 567 g/mol. The van der Waals surface area contributed by atoms with Crippen LogP contribution in [0.3, 0.4) is 0 Å². The summed E-state index contributed by atoms with van der Waals surface area (Å²) in [5.41, 5.74) is 1.67. The number of halogens is 2. The van der Waals surface area contributed by atoms with Crippen molar-refractivity contribution >= 4 is 72.3 Å². The molecule has 0 saturated carbocycles. The zero-order valence-electron chi connectivity index (χ0n) is 19.1. The molecule has 1 aliphatic rings. The van der Waals surface area contributed by atoms with E-state index in [1.807, 2.05) is 42.1 Å². The second kappa shape index (κ2) is 11.4. The van der Waals surface area contributed by atoms with Gasteiger partial charge >= 0.3 is 0 Å². The summed E-state index contributed by atoms with van der Waals surface area (Å²) in [6.45, 7) is 2.66. The molecule has 1 aliphatic heterocycles. The van der Waals surface area contributed by atoms with Crippen molar-refractivity contribution in [3.05, 3.63) is 56.5 Å². The lowest BCUT2D eigenvalue weighted by Crippen LogP contribution is -2.37. The van der Waals surface area contributed by atoms with Crippen molar-refractivity contribution in [3.8, 4) is 0 Å². The summed E-state index contributed by atoms with van der Waals surface area (Å²) in [5.74, 6) is -0.289. The normalized spacial score (nSPS) is 13.7. The molecular weight excluding hydrogens is 542 g/mol. The number of aromatic nitrogens is 1. The van der Waals surface area contributed by atoms with Crippen molar-refractivity contribution in [1.29, 1.82) is 0 Å². The number of hydrogen-bond acceptors (Lipinski definition) is 7. The average molecular weight is 569 g/mol. The number of fused-ring (bicyclic) bond motifs is 1. The fourth-order valence-electron chi connectivity index (χ4n) is 3.95. The molecule has 11 heteroatoms. The van der Waals surface area contributed by atoms with E-state index in [0.29, 0.717) is 29.5 Å². The summed E-state index contributed by atoms with van der Waals surface area (Å²) >= 11 is 4.91. The Morgan fingerprint density at radius 3 is 2.56 bits per heavy atom. The molecule has 0 radical (unpaired) electrons. The Morgan fingerprint density at radius 1 is 1.15 bits per heavy atom. The maximum absolute atomic E-state index is 13.6. The van der Waals surface area contributed by atoms with Gasteiger partial charge in [-0.1, -0.05) is 27.3 Å². The molecule has 1 amide bonds. The number of likely N-dealkylation sites (N-methyl/N-ethyl adjacent to an activating group) is 1. The maximum Gasteiger partial charge on any atom is 0.293 e. The van der Waals surface area contributed by atoms with Gasteiger partial charge < -0.3 is 9.80 Å². The van der Waals surface area contributed by atoms with Crippen LogP contribution >= 0.6 is 39.7 Å². The van der Waals surface area contributed by atoms with Crippen molar-refractivity contribution in [3.63, 3.8) is 0 Å². The number of nitrogens with zero attached hydrogens (tertiary/aromatic N) is 5. The predicted molar refractivity (Wildman–Crippen MR) is 144 cm³/mol. The predicted octanol–water partition coefficient (Wildman–Crippen LogP) is 5.59. The number of amides is 1. The maximum atomic E-state index is 13.6. The van der Waals surface area contributed by atoms with E-state index in [1.165, 1.54) is 17.4 Å². The van der Waals surface area contributed by atoms with Crippen LogP contribution in [0.2, 0.25) is 0 Å². The molecule has 0 aliphatic carbocycles. The van der Waals surface area contributed by atoms with Crippen LogP contribution in [0.1, 0.15) is 29.6 Å². The molecular formula is C23H27BrClN5O3S. The zero-order valence-corrected chi connectivity index (χ0v) is 22.3. The van der Waals surface area contributed by atoms with Gasteiger partial charge in [-0.2, -0.15) is 0 Å². The zero-order chi connectivity index (χ0) is 23.5. The SMILES string of the molecule is CN(C)CCN(C(=O)c1ccc(N2CCCCC2)c([N+](=O)[O-])c1)c1nc2ccc(Br)cc2s1.Cl. The van der Waals surface area contributed by atoms with Gasteiger partial charge in [-0.15, -0.1) is 12.4 Å². The van der Waals surface area contributed by atoms with Crippen LogP contribution in [0.15, 0.2) is 40.9 Å². The van der Waals surface area contributed by atoms with Crippen molar-refractivity contribution in [1.82, 2.24) is 9.88 Å². The lowest BCUT2D eigenvalue weighted by molar-refractivity contribution is -0.384. The Kier molecular flexibility index (Phi) is 8.86. The highest BCUT2D eigenvalue weighted by atomic mass is 79.9. The number of nitro benzene ring substituents is 1. The molecule has 34 heavy (non-hydrogen) atoms. The van der Waals surface area contributed by atoms with Gasteiger partial charge in [0.15, 0.2) is 5.13 Å². The molecule has 0 unspecified atom stereocenters. The van der Waals surface area contributed by atoms with E-state index in [9.17, 15) is 14.9 Å². The van der Waals surface area contributed by atoms with E-state index in [0.717, 1.165) is 47.0 Å². The van der Waals surface area contributed by atoms with Gasteiger partial charge in [-0.25, -0.2) is 4.98 Å². The third kappa shape index (κ3) is 5.86. The fraction of sp³-hybridized carbons (Fsp3) is 0.391. The molecule has 0 bridgehead atoms. The molecule has 0 spiro atoms. The van der Waals surface area contributed by atoms with Crippen molar-refractivity contribution in [2.24, 2.45) is 0 Å². The Hall–Kier alpha value is -2.27. The lowest BCUT2D eigenvalue weighted by Gasteiger charge is -2.28. The third-order valence-corrected chi connectivity index (χ3v) is 7.24. The summed E-state index contributed by atoms with van der Waals surface area (Å²) in [6.07, 6.45) is 3.17. The topological polar surface area (TPSA) is 82.8 Å². The van der Waals surface area contributed by atoms with Crippen LogP contribution in [0.25, 0.3) is 10.2 Å². The number of carbonyl (C=O) groups is 1. The Balaban J connectivity index is 0.00000324. The number of piperidine rings is 1. The number of hydrogen-bond donors (Lipinski definition) is 0. The minimum absolute atomic E-state index is 0. The number of benzene rings is 2. The van der Waals surface area contributed by atoms with Gasteiger partial charge in [0.25, 0.3) is 11.6 Å². The molecule has 2 heterocycles. The van der Waals surface area contributed by atoms with Gasteiger partial charge in [-0.3, -0.25) is 19.8 Å². The quantitative estimate of drug-likeness (QED) is 0.273. The number of anilines is 2. The number of nitro groups is 1. The van der Waals surface area contributed by atoms with Gasteiger partial charge in [0.1, 0.15) is 5.69 Å². The number of rotatable bonds is 7. The first-order valence-electron chi connectivity index (χ1n) is 10.9. The van der Waals surface area contributed by atoms with Crippen molar-refractivity contribution < 1.29 is 9.72 Å². The van der Waals surface area contributed by atoms with Crippen LogP contribution in [0, 0.1) is 10.1 Å². The van der Waals surface area contributed by atoms with Crippen LogP contribution in [-0.4, -0.2) is 61.0 Å².